The zero-order chi connectivity index (χ0) is 24.0. The zero-order valence-corrected chi connectivity index (χ0v) is 19.8. The molecule has 2 aromatic rings. The van der Waals surface area contributed by atoms with Crippen LogP contribution in [-0.2, 0) is 26.2 Å². The van der Waals surface area contributed by atoms with Gasteiger partial charge in [-0.2, -0.15) is 0 Å². The first-order chi connectivity index (χ1) is 15.7. The third kappa shape index (κ3) is 6.16. The number of anilines is 1. The van der Waals surface area contributed by atoms with Gasteiger partial charge in [0.05, 0.1) is 11.9 Å². The van der Waals surface area contributed by atoms with Gasteiger partial charge in [0.15, 0.2) is 11.5 Å². The van der Waals surface area contributed by atoms with Gasteiger partial charge in [-0.3, -0.25) is 13.9 Å². The number of sulfonamides is 1. The molecule has 0 radical (unpaired) electrons. The topological polar surface area (TPSA) is 105 Å². The third-order valence-electron chi connectivity index (χ3n) is 5.41. The Morgan fingerprint density at radius 2 is 1.79 bits per heavy atom. The highest BCUT2D eigenvalue weighted by atomic mass is 32.2. The summed E-state index contributed by atoms with van der Waals surface area (Å²) >= 11 is 0. The Hall–Kier alpha value is -3.27. The van der Waals surface area contributed by atoms with Crippen molar-refractivity contribution >= 4 is 27.5 Å². The Kier molecular flexibility index (Phi) is 7.80. The van der Waals surface area contributed by atoms with Crippen molar-refractivity contribution < 1.29 is 27.5 Å². The van der Waals surface area contributed by atoms with E-state index in [9.17, 15) is 18.0 Å². The van der Waals surface area contributed by atoms with Crippen LogP contribution in [0.1, 0.15) is 25.3 Å². The molecule has 2 amide bonds. The van der Waals surface area contributed by atoms with Gasteiger partial charge < -0.3 is 19.7 Å². The van der Waals surface area contributed by atoms with Gasteiger partial charge in [0, 0.05) is 32.6 Å². The third-order valence-corrected chi connectivity index (χ3v) is 6.60. The van der Waals surface area contributed by atoms with E-state index in [1.54, 1.807) is 25.1 Å². The minimum atomic E-state index is -3.59. The summed E-state index contributed by atoms with van der Waals surface area (Å²) in [4.78, 5) is 26.8. The lowest BCUT2D eigenvalue weighted by atomic mass is 10.1. The minimum absolute atomic E-state index is 0.0880. The van der Waals surface area contributed by atoms with Gasteiger partial charge in [0.2, 0.25) is 28.6 Å². The Labute approximate surface area is 194 Å². The maximum Gasteiger partial charge on any atom is 0.242 e. The van der Waals surface area contributed by atoms with Crippen molar-refractivity contribution in [3.05, 3.63) is 54.1 Å². The summed E-state index contributed by atoms with van der Waals surface area (Å²) < 4.78 is 36.7. The maximum absolute atomic E-state index is 13.1. The van der Waals surface area contributed by atoms with E-state index in [0.717, 1.165) is 11.8 Å². The summed E-state index contributed by atoms with van der Waals surface area (Å²) in [5, 5.41) is 2.58. The van der Waals surface area contributed by atoms with Crippen LogP contribution in [0.25, 0.3) is 0 Å². The fourth-order valence-corrected chi connectivity index (χ4v) is 4.57. The summed E-state index contributed by atoms with van der Waals surface area (Å²) in [5.41, 5.74) is 1.34. The molecular weight excluding hydrogens is 446 g/mol. The van der Waals surface area contributed by atoms with Crippen molar-refractivity contribution in [2.75, 3.05) is 30.9 Å². The fourth-order valence-electron chi connectivity index (χ4n) is 3.62. The van der Waals surface area contributed by atoms with Crippen LogP contribution >= 0.6 is 0 Å². The molecule has 0 bridgehead atoms. The Morgan fingerprint density at radius 3 is 2.45 bits per heavy atom. The average Bonchev–Trinajstić information content (AvgIpc) is 3.27. The molecule has 0 aliphatic carbocycles. The first kappa shape index (κ1) is 24.4. The highest BCUT2D eigenvalue weighted by molar-refractivity contribution is 7.92. The molecule has 3 rings (SSSR count). The fraction of sp³-hybridized carbons (Fsp3) is 0.391. The van der Waals surface area contributed by atoms with E-state index in [1.165, 1.54) is 16.3 Å². The number of amides is 2. The monoisotopic (exact) mass is 475 g/mol. The zero-order valence-electron chi connectivity index (χ0n) is 19.0. The highest BCUT2D eigenvalue weighted by Gasteiger charge is 2.26. The molecule has 10 heteroatoms. The predicted octanol–water partition coefficient (Wildman–Crippen LogP) is 2.12. The second kappa shape index (κ2) is 10.6. The van der Waals surface area contributed by atoms with E-state index >= 15 is 0 Å². The minimum Gasteiger partial charge on any atom is -0.454 e. The van der Waals surface area contributed by atoms with Crippen molar-refractivity contribution in [1.29, 1.82) is 0 Å². The molecule has 1 aliphatic rings. The van der Waals surface area contributed by atoms with Gasteiger partial charge in [-0.05, 0) is 31.0 Å². The Bertz CT molecular complexity index is 1090. The first-order valence-corrected chi connectivity index (χ1v) is 12.5. The number of benzene rings is 2. The van der Waals surface area contributed by atoms with Gasteiger partial charge in [0.1, 0.15) is 6.04 Å². The summed E-state index contributed by atoms with van der Waals surface area (Å²) in [6.45, 7) is 2.16. The summed E-state index contributed by atoms with van der Waals surface area (Å²) in [7, 11) is -2.06. The lowest BCUT2D eigenvalue weighted by Crippen LogP contribution is -2.46. The van der Waals surface area contributed by atoms with Crippen LogP contribution < -0.4 is 19.1 Å². The molecular formula is C23H29N3O6S. The van der Waals surface area contributed by atoms with Crippen molar-refractivity contribution in [3.63, 3.8) is 0 Å². The number of nitrogens with one attached hydrogen (secondary N) is 1. The first-order valence-electron chi connectivity index (χ1n) is 10.6. The molecule has 0 saturated heterocycles. The Morgan fingerprint density at radius 1 is 1.09 bits per heavy atom. The molecule has 0 fully saturated rings. The Balaban J connectivity index is 1.70. The smallest absolute Gasteiger partial charge is 0.242 e. The molecule has 178 valence electrons. The SMILES string of the molecule is CNC(=O)[C@H](C)N(Cc1ccccc1)C(=O)CCCN(c1ccc2c(c1)OCO2)S(C)(=O)=O. The van der Waals surface area contributed by atoms with Gasteiger partial charge in [0.25, 0.3) is 0 Å². The van der Waals surface area contributed by atoms with Crippen molar-refractivity contribution in [3.8, 4) is 11.5 Å². The molecule has 1 atom stereocenters. The number of rotatable bonds is 10. The van der Waals surface area contributed by atoms with Crippen molar-refractivity contribution in [1.82, 2.24) is 10.2 Å². The van der Waals surface area contributed by atoms with Gasteiger partial charge in [-0.15, -0.1) is 0 Å². The molecule has 0 unspecified atom stereocenters. The molecule has 33 heavy (non-hydrogen) atoms. The number of nitrogens with zero attached hydrogens (tertiary/aromatic N) is 2. The standard InChI is InChI=1S/C23H29N3O6S/c1-17(23(28)24-2)25(15-18-8-5-4-6-9-18)22(27)10-7-13-26(33(3,29)30)19-11-12-20-21(14-19)32-16-31-20/h4-6,8-9,11-12,14,17H,7,10,13,15-16H2,1-3H3,(H,24,28)/t17-/m0/s1. The summed E-state index contributed by atoms with van der Waals surface area (Å²) in [6.07, 6.45) is 1.49. The second-order valence-electron chi connectivity index (χ2n) is 7.77. The van der Waals surface area contributed by atoms with E-state index in [1.807, 2.05) is 30.3 Å². The number of likely N-dealkylation sites (N-methyl/N-ethyl adjacent to an activating group) is 1. The summed E-state index contributed by atoms with van der Waals surface area (Å²) in [6, 6.07) is 13.7. The van der Waals surface area contributed by atoms with E-state index in [-0.39, 0.29) is 44.5 Å². The molecule has 1 aliphatic heterocycles. The maximum atomic E-state index is 13.1. The number of carbonyl (C=O) groups is 2. The molecule has 0 saturated carbocycles. The number of fused-ring (bicyclic) bond motifs is 1. The van der Waals surface area contributed by atoms with Gasteiger partial charge in [-0.25, -0.2) is 8.42 Å². The number of carbonyl (C=O) groups excluding carboxylic acids is 2. The molecule has 0 aromatic heterocycles. The lowest BCUT2D eigenvalue weighted by molar-refractivity contribution is -0.140. The van der Waals surface area contributed by atoms with Crippen LogP contribution in [-0.4, -0.2) is 57.8 Å². The van der Waals surface area contributed by atoms with E-state index < -0.39 is 16.1 Å². The van der Waals surface area contributed by atoms with Crippen LogP contribution in [0.15, 0.2) is 48.5 Å². The van der Waals surface area contributed by atoms with Crippen LogP contribution in [0.4, 0.5) is 5.69 Å². The summed E-state index contributed by atoms with van der Waals surface area (Å²) in [5.74, 6) is 0.541. The average molecular weight is 476 g/mol. The van der Waals surface area contributed by atoms with Gasteiger partial charge >= 0.3 is 0 Å². The largest absolute Gasteiger partial charge is 0.454 e. The predicted molar refractivity (Wildman–Crippen MR) is 125 cm³/mol. The van der Waals surface area contributed by atoms with Crippen LogP contribution in [0.5, 0.6) is 11.5 Å². The normalized spacial score (nSPS) is 13.3. The van der Waals surface area contributed by atoms with Crippen molar-refractivity contribution in [2.24, 2.45) is 0 Å². The molecule has 2 aromatic carbocycles. The highest BCUT2D eigenvalue weighted by Crippen LogP contribution is 2.36. The lowest BCUT2D eigenvalue weighted by Gasteiger charge is -2.29. The number of hydrogen-bond acceptors (Lipinski definition) is 6. The number of ether oxygens (including phenoxy) is 2. The molecule has 1 N–H and O–H groups in total. The van der Waals surface area contributed by atoms with Crippen LogP contribution in [0.2, 0.25) is 0 Å². The van der Waals surface area contributed by atoms with E-state index in [0.29, 0.717) is 17.2 Å². The van der Waals surface area contributed by atoms with Crippen molar-refractivity contribution in [2.45, 2.75) is 32.4 Å². The number of hydrogen-bond donors (Lipinski definition) is 1. The van der Waals surface area contributed by atoms with Gasteiger partial charge in [-0.1, -0.05) is 30.3 Å². The van der Waals surface area contributed by atoms with Crippen LogP contribution in [0, 0.1) is 0 Å². The second-order valence-corrected chi connectivity index (χ2v) is 9.68. The molecule has 1 heterocycles. The van der Waals surface area contributed by atoms with E-state index in [2.05, 4.69) is 5.32 Å². The van der Waals surface area contributed by atoms with Crippen LogP contribution in [0.3, 0.4) is 0 Å². The quantitative estimate of drug-likeness (QED) is 0.564. The molecule has 9 nitrogen and oxygen atoms in total. The molecule has 0 spiro atoms. The van der Waals surface area contributed by atoms with E-state index in [4.69, 9.17) is 9.47 Å².